The highest BCUT2D eigenvalue weighted by Crippen LogP contribution is 2.37. The molecule has 0 fully saturated rings. The van der Waals surface area contributed by atoms with Crippen LogP contribution >= 0.6 is 0 Å². The van der Waals surface area contributed by atoms with Gasteiger partial charge in [-0.15, -0.1) is 0 Å². The van der Waals surface area contributed by atoms with Crippen molar-refractivity contribution >= 4 is 0 Å². The molecule has 0 aliphatic rings. The Morgan fingerprint density at radius 2 is 1.58 bits per heavy atom. The average molecular weight is 254 g/mol. The van der Waals surface area contributed by atoms with Crippen molar-refractivity contribution in [2.45, 2.75) is 39.2 Å². The predicted molar refractivity (Wildman–Crippen MR) is 80.3 cm³/mol. The van der Waals surface area contributed by atoms with Crippen molar-refractivity contribution < 1.29 is 5.11 Å². The van der Waals surface area contributed by atoms with Gasteiger partial charge in [0.1, 0.15) is 0 Å². The second kappa shape index (κ2) is 5.18. The van der Waals surface area contributed by atoms with Crippen molar-refractivity contribution in [1.29, 1.82) is 0 Å². The van der Waals surface area contributed by atoms with Gasteiger partial charge in [0.25, 0.3) is 0 Å². The number of benzene rings is 2. The lowest BCUT2D eigenvalue weighted by atomic mass is 9.76. The third kappa shape index (κ3) is 2.71. The normalized spacial score (nSPS) is 13.3. The quantitative estimate of drug-likeness (QED) is 0.865. The van der Waals surface area contributed by atoms with Crippen LogP contribution in [0.25, 0.3) is 0 Å². The Labute approximate surface area is 115 Å². The zero-order valence-corrected chi connectivity index (χ0v) is 12.1. The van der Waals surface area contributed by atoms with E-state index in [0.29, 0.717) is 0 Å². The molecular weight excluding hydrogens is 232 g/mol. The number of aliphatic hydroxyl groups is 1. The summed E-state index contributed by atoms with van der Waals surface area (Å²) in [6, 6.07) is 16.4. The van der Waals surface area contributed by atoms with Crippen LogP contribution in [0.3, 0.4) is 0 Å². The fraction of sp³-hybridized carbons (Fsp3) is 0.333. The van der Waals surface area contributed by atoms with Gasteiger partial charge in [-0.1, -0.05) is 67.9 Å². The van der Waals surface area contributed by atoms with E-state index in [1.165, 1.54) is 5.56 Å². The van der Waals surface area contributed by atoms with Gasteiger partial charge in [-0.3, -0.25) is 0 Å². The molecule has 1 nitrogen and oxygen atoms in total. The van der Waals surface area contributed by atoms with Crippen molar-refractivity contribution in [3.05, 3.63) is 70.8 Å². The minimum atomic E-state index is -0.504. The van der Waals surface area contributed by atoms with Crippen molar-refractivity contribution in [2.75, 3.05) is 0 Å². The molecule has 0 amide bonds. The van der Waals surface area contributed by atoms with Crippen LogP contribution in [0, 0.1) is 13.8 Å². The van der Waals surface area contributed by atoms with E-state index >= 15 is 0 Å². The van der Waals surface area contributed by atoms with Gasteiger partial charge < -0.3 is 5.11 Å². The van der Waals surface area contributed by atoms with Gasteiger partial charge in [-0.25, -0.2) is 0 Å². The zero-order chi connectivity index (χ0) is 14.0. The highest BCUT2D eigenvalue weighted by Gasteiger charge is 2.31. The Balaban J connectivity index is 2.40. The molecule has 0 spiro atoms. The van der Waals surface area contributed by atoms with E-state index in [9.17, 15) is 5.11 Å². The van der Waals surface area contributed by atoms with E-state index in [-0.39, 0.29) is 5.41 Å². The summed E-state index contributed by atoms with van der Waals surface area (Å²) >= 11 is 0. The standard InChI is InChI=1S/C18H22O/c1-13-10-11-16(14(2)12-13)17(19)18(3,4)15-8-6-5-7-9-15/h5-12,17,19H,1-4H3. The molecule has 0 aromatic heterocycles. The lowest BCUT2D eigenvalue weighted by Gasteiger charge is -2.32. The van der Waals surface area contributed by atoms with E-state index in [0.717, 1.165) is 16.7 Å². The monoisotopic (exact) mass is 254 g/mol. The maximum atomic E-state index is 10.8. The van der Waals surface area contributed by atoms with Gasteiger partial charge in [-0.05, 0) is 30.5 Å². The number of hydrogen-bond donors (Lipinski definition) is 1. The Morgan fingerprint density at radius 1 is 0.947 bits per heavy atom. The minimum absolute atomic E-state index is 0.304. The molecule has 1 heteroatoms. The fourth-order valence-electron chi connectivity index (χ4n) is 2.55. The predicted octanol–water partition coefficient (Wildman–Crippen LogP) is 4.31. The Bertz CT molecular complexity index is 555. The Morgan fingerprint density at radius 3 is 2.16 bits per heavy atom. The van der Waals surface area contributed by atoms with Crippen molar-refractivity contribution in [1.82, 2.24) is 0 Å². The van der Waals surface area contributed by atoms with Crippen LogP contribution < -0.4 is 0 Å². The molecule has 1 atom stereocenters. The topological polar surface area (TPSA) is 20.2 Å². The smallest absolute Gasteiger partial charge is 0.0883 e. The molecule has 1 unspecified atom stereocenters. The molecular formula is C18H22O. The van der Waals surface area contributed by atoms with Gasteiger partial charge in [0.15, 0.2) is 0 Å². The van der Waals surface area contributed by atoms with E-state index < -0.39 is 6.10 Å². The summed E-state index contributed by atoms with van der Waals surface area (Å²) in [5.74, 6) is 0. The molecule has 1 N–H and O–H groups in total. The van der Waals surface area contributed by atoms with E-state index in [2.05, 4.69) is 52.0 Å². The molecule has 0 bridgehead atoms. The summed E-state index contributed by atoms with van der Waals surface area (Å²) in [6.45, 7) is 8.32. The summed E-state index contributed by atoms with van der Waals surface area (Å²) in [5, 5.41) is 10.8. The maximum absolute atomic E-state index is 10.8. The largest absolute Gasteiger partial charge is 0.387 e. The Hall–Kier alpha value is -1.60. The van der Waals surface area contributed by atoms with Gasteiger partial charge in [0.05, 0.1) is 6.10 Å². The van der Waals surface area contributed by atoms with Gasteiger partial charge in [0, 0.05) is 5.41 Å². The first-order valence-electron chi connectivity index (χ1n) is 6.73. The summed E-state index contributed by atoms with van der Waals surface area (Å²) < 4.78 is 0. The molecule has 2 rings (SSSR count). The highest BCUT2D eigenvalue weighted by atomic mass is 16.3. The molecule has 2 aromatic rings. The highest BCUT2D eigenvalue weighted by molar-refractivity contribution is 5.36. The van der Waals surface area contributed by atoms with Crippen LogP contribution in [-0.2, 0) is 5.41 Å². The first-order valence-corrected chi connectivity index (χ1v) is 6.73. The first-order chi connectivity index (χ1) is 8.93. The van der Waals surface area contributed by atoms with Crippen LogP contribution in [0.2, 0.25) is 0 Å². The van der Waals surface area contributed by atoms with Gasteiger partial charge in [-0.2, -0.15) is 0 Å². The van der Waals surface area contributed by atoms with Crippen molar-refractivity contribution in [3.8, 4) is 0 Å². The molecule has 0 heterocycles. The lowest BCUT2D eigenvalue weighted by Crippen LogP contribution is -2.27. The van der Waals surface area contributed by atoms with E-state index in [4.69, 9.17) is 0 Å². The van der Waals surface area contributed by atoms with Crippen molar-refractivity contribution in [2.24, 2.45) is 0 Å². The van der Waals surface area contributed by atoms with E-state index in [1.54, 1.807) is 0 Å². The van der Waals surface area contributed by atoms with Crippen LogP contribution in [-0.4, -0.2) is 5.11 Å². The first kappa shape index (κ1) is 13.8. The van der Waals surface area contributed by atoms with Crippen LogP contribution in [0.15, 0.2) is 48.5 Å². The van der Waals surface area contributed by atoms with Crippen LogP contribution in [0.4, 0.5) is 0 Å². The zero-order valence-electron chi connectivity index (χ0n) is 12.1. The molecule has 0 radical (unpaired) electrons. The molecule has 0 saturated heterocycles. The summed E-state index contributed by atoms with van der Waals surface area (Å²) in [5.41, 5.74) is 4.24. The van der Waals surface area contributed by atoms with Gasteiger partial charge in [0.2, 0.25) is 0 Å². The molecule has 0 aliphatic carbocycles. The number of hydrogen-bond acceptors (Lipinski definition) is 1. The SMILES string of the molecule is Cc1ccc(C(O)C(C)(C)c2ccccc2)c(C)c1. The van der Waals surface area contributed by atoms with Crippen LogP contribution in [0.5, 0.6) is 0 Å². The van der Waals surface area contributed by atoms with E-state index in [1.807, 2.05) is 24.3 Å². The van der Waals surface area contributed by atoms with Gasteiger partial charge >= 0.3 is 0 Å². The number of aryl methyl sites for hydroxylation is 2. The fourth-order valence-corrected chi connectivity index (χ4v) is 2.55. The third-order valence-corrected chi connectivity index (χ3v) is 3.92. The summed E-state index contributed by atoms with van der Waals surface area (Å²) in [4.78, 5) is 0. The second-order valence-corrected chi connectivity index (χ2v) is 5.85. The van der Waals surface area contributed by atoms with Crippen LogP contribution in [0.1, 0.15) is 42.2 Å². The lowest BCUT2D eigenvalue weighted by molar-refractivity contribution is 0.0996. The van der Waals surface area contributed by atoms with Crippen molar-refractivity contribution in [3.63, 3.8) is 0 Å². The molecule has 2 aromatic carbocycles. The third-order valence-electron chi connectivity index (χ3n) is 3.92. The summed E-state index contributed by atoms with van der Waals surface area (Å²) in [7, 11) is 0. The Kier molecular flexibility index (Phi) is 3.77. The molecule has 0 saturated carbocycles. The average Bonchev–Trinajstić information content (AvgIpc) is 2.39. The number of aliphatic hydroxyl groups excluding tert-OH is 1. The molecule has 0 aliphatic heterocycles. The molecule has 100 valence electrons. The second-order valence-electron chi connectivity index (χ2n) is 5.85. The minimum Gasteiger partial charge on any atom is -0.387 e. The molecule has 19 heavy (non-hydrogen) atoms. The number of rotatable bonds is 3. The maximum Gasteiger partial charge on any atom is 0.0883 e. The summed E-state index contributed by atoms with van der Waals surface area (Å²) in [6.07, 6.45) is -0.504.